The second-order valence-corrected chi connectivity index (χ2v) is 6.25. The molecule has 1 N–H and O–H groups in total. The summed E-state index contributed by atoms with van der Waals surface area (Å²) in [4.78, 5) is 25.4. The predicted molar refractivity (Wildman–Crippen MR) is 104 cm³/mol. The summed E-state index contributed by atoms with van der Waals surface area (Å²) in [6, 6.07) is 15.3. The van der Waals surface area contributed by atoms with Crippen LogP contribution >= 0.6 is 0 Å². The van der Waals surface area contributed by atoms with Gasteiger partial charge in [0.1, 0.15) is 11.6 Å². The number of aromatic nitrogens is 1. The first kappa shape index (κ1) is 18.2. The Bertz CT molecular complexity index is 1160. The van der Waals surface area contributed by atoms with Crippen LogP contribution in [0.15, 0.2) is 59.9 Å². The monoisotopic (exact) mass is 358 g/mol. The molecule has 0 amide bonds. The van der Waals surface area contributed by atoms with Crippen LogP contribution in [0.25, 0.3) is 10.8 Å². The Hall–Kier alpha value is -3.65. The number of hydrogen-bond donors (Lipinski definition) is 1. The van der Waals surface area contributed by atoms with E-state index in [1.807, 2.05) is 48.5 Å². The minimum atomic E-state index is -0.630. The fourth-order valence-corrected chi connectivity index (χ4v) is 3.29. The van der Waals surface area contributed by atoms with Gasteiger partial charge in [-0.05, 0) is 28.8 Å². The molecular weight excluding hydrogens is 340 g/mol. The molecule has 1 heterocycles. The van der Waals surface area contributed by atoms with Crippen molar-refractivity contribution < 1.29 is 9.90 Å². The number of fused-ring (bicyclic) bond motifs is 1. The molecule has 0 bridgehead atoms. The Kier molecular flexibility index (Phi) is 4.91. The highest BCUT2D eigenvalue weighted by Crippen LogP contribution is 2.26. The summed E-state index contributed by atoms with van der Waals surface area (Å²) < 4.78 is 0.995. The van der Waals surface area contributed by atoms with Crippen molar-refractivity contribution in [2.45, 2.75) is 19.9 Å². The summed E-state index contributed by atoms with van der Waals surface area (Å²) in [6.45, 7) is 5.07. The van der Waals surface area contributed by atoms with E-state index in [-0.39, 0.29) is 35.4 Å². The third-order valence-corrected chi connectivity index (χ3v) is 4.62. The molecule has 0 spiro atoms. The smallest absolute Gasteiger partial charge is 0.271 e. The first-order chi connectivity index (χ1) is 13.0. The summed E-state index contributed by atoms with van der Waals surface area (Å²) >= 11 is 0. The first-order valence-corrected chi connectivity index (χ1v) is 8.46. The Balaban J connectivity index is 2.14. The average molecular weight is 358 g/mol. The van der Waals surface area contributed by atoms with Gasteiger partial charge in [0, 0.05) is 13.0 Å². The number of aromatic hydroxyl groups is 1. The van der Waals surface area contributed by atoms with Gasteiger partial charge in [0.2, 0.25) is 5.88 Å². The molecule has 3 aromatic rings. The van der Waals surface area contributed by atoms with Gasteiger partial charge in [0.25, 0.3) is 5.56 Å². The Morgan fingerprint density at radius 1 is 1.26 bits per heavy atom. The molecule has 0 aliphatic rings. The van der Waals surface area contributed by atoms with E-state index in [2.05, 4.69) is 6.58 Å². The topological polar surface area (TPSA) is 83.1 Å². The summed E-state index contributed by atoms with van der Waals surface area (Å²) in [5, 5.41) is 21.8. The Morgan fingerprint density at radius 2 is 1.96 bits per heavy atom. The number of benzene rings is 2. The highest BCUT2D eigenvalue weighted by Gasteiger charge is 2.24. The number of nitriles is 1. The number of hydrogen-bond acceptors (Lipinski definition) is 4. The largest absolute Gasteiger partial charge is 0.494 e. The van der Waals surface area contributed by atoms with Crippen LogP contribution < -0.4 is 5.56 Å². The van der Waals surface area contributed by atoms with E-state index >= 15 is 0 Å². The molecule has 0 aliphatic carbocycles. The maximum absolute atomic E-state index is 13.0. The van der Waals surface area contributed by atoms with Crippen molar-refractivity contribution in [3.05, 3.63) is 87.7 Å². The van der Waals surface area contributed by atoms with Crippen LogP contribution in [-0.4, -0.2) is 15.5 Å². The number of allylic oxidation sites excluding steroid dienone is 1. The highest BCUT2D eigenvalue weighted by atomic mass is 16.3. The van der Waals surface area contributed by atoms with E-state index in [9.17, 15) is 20.0 Å². The van der Waals surface area contributed by atoms with Crippen molar-refractivity contribution in [2.24, 2.45) is 0 Å². The van der Waals surface area contributed by atoms with Crippen molar-refractivity contribution in [1.82, 2.24) is 4.57 Å². The van der Waals surface area contributed by atoms with Crippen LogP contribution in [0.3, 0.4) is 0 Å². The average Bonchev–Trinajstić information content (AvgIpc) is 2.66. The molecule has 0 fully saturated rings. The molecule has 3 rings (SSSR count). The van der Waals surface area contributed by atoms with Crippen molar-refractivity contribution in [3.63, 3.8) is 0 Å². The number of carbonyl (C=O) groups excluding carboxylic acids is 1. The van der Waals surface area contributed by atoms with Crippen molar-refractivity contribution >= 4 is 16.6 Å². The number of ketones is 1. The van der Waals surface area contributed by atoms with E-state index in [0.29, 0.717) is 0 Å². The third kappa shape index (κ3) is 3.13. The zero-order chi connectivity index (χ0) is 19.6. The quantitative estimate of drug-likeness (QED) is 0.559. The van der Waals surface area contributed by atoms with E-state index in [0.717, 1.165) is 20.9 Å². The number of carbonyl (C=O) groups is 1. The van der Waals surface area contributed by atoms with Gasteiger partial charge in [-0.3, -0.25) is 14.2 Å². The first-order valence-electron chi connectivity index (χ1n) is 8.46. The summed E-state index contributed by atoms with van der Waals surface area (Å²) in [5.74, 6) is -0.780. The van der Waals surface area contributed by atoms with Crippen LogP contribution in [0.2, 0.25) is 0 Å². The second-order valence-electron chi connectivity index (χ2n) is 6.25. The number of nitrogens with zero attached hydrogens (tertiary/aromatic N) is 2. The molecule has 5 heteroatoms. The van der Waals surface area contributed by atoms with Gasteiger partial charge in [-0.15, -0.1) is 6.58 Å². The van der Waals surface area contributed by atoms with Gasteiger partial charge >= 0.3 is 0 Å². The Morgan fingerprint density at radius 3 is 2.67 bits per heavy atom. The molecule has 0 atom stereocenters. The normalized spacial score (nSPS) is 10.5. The molecule has 1 aromatic heterocycles. The van der Waals surface area contributed by atoms with Crippen LogP contribution in [0, 0.1) is 18.3 Å². The second kappa shape index (κ2) is 7.30. The van der Waals surface area contributed by atoms with Gasteiger partial charge in [0.05, 0.1) is 5.56 Å². The zero-order valence-electron chi connectivity index (χ0n) is 14.9. The molecule has 27 heavy (non-hydrogen) atoms. The van der Waals surface area contributed by atoms with Crippen molar-refractivity contribution in [3.8, 4) is 11.9 Å². The number of rotatable bonds is 5. The molecule has 5 nitrogen and oxygen atoms in total. The zero-order valence-corrected chi connectivity index (χ0v) is 14.9. The van der Waals surface area contributed by atoms with Gasteiger partial charge in [-0.1, -0.05) is 48.5 Å². The number of Topliss-reactive ketones (excluding diaryl/α,β-unsaturated/α-hetero) is 1. The van der Waals surface area contributed by atoms with Crippen LogP contribution in [-0.2, 0) is 13.0 Å². The third-order valence-electron chi connectivity index (χ3n) is 4.62. The van der Waals surface area contributed by atoms with Crippen LogP contribution in [0.5, 0.6) is 5.88 Å². The molecule has 0 unspecified atom stereocenters. The molecule has 0 radical (unpaired) electrons. The Labute approximate surface area is 156 Å². The van der Waals surface area contributed by atoms with Gasteiger partial charge in [-0.25, -0.2) is 0 Å². The fraction of sp³-hybridized carbons (Fsp3) is 0.136. The molecular formula is C22H18N2O3. The summed E-state index contributed by atoms with van der Waals surface area (Å²) in [5.41, 5.74) is 0.244. The van der Waals surface area contributed by atoms with E-state index in [4.69, 9.17) is 0 Å². The molecule has 0 saturated heterocycles. The maximum Gasteiger partial charge on any atom is 0.271 e. The minimum absolute atomic E-state index is 0.000865. The standard InChI is InChI=1S/C22H18N2O3/c1-3-11-24-21(26)18(13-23)14(2)20(22(24)27)19(25)12-16-9-6-8-15-7-4-5-10-17(15)16/h3-10,27H,1,11-12H2,2H3. The van der Waals surface area contributed by atoms with Gasteiger partial charge in [-0.2, -0.15) is 5.26 Å². The SMILES string of the molecule is C=CCn1c(O)c(C(=O)Cc2cccc3ccccc23)c(C)c(C#N)c1=O. The fourth-order valence-electron chi connectivity index (χ4n) is 3.29. The van der Waals surface area contributed by atoms with E-state index < -0.39 is 11.4 Å². The molecule has 134 valence electrons. The van der Waals surface area contributed by atoms with E-state index in [1.165, 1.54) is 13.0 Å². The summed E-state index contributed by atoms with van der Waals surface area (Å²) in [7, 11) is 0. The molecule has 0 aliphatic heterocycles. The highest BCUT2D eigenvalue weighted by molar-refractivity contribution is 6.03. The van der Waals surface area contributed by atoms with Crippen LogP contribution in [0.4, 0.5) is 0 Å². The molecule has 2 aromatic carbocycles. The lowest BCUT2D eigenvalue weighted by atomic mass is 9.95. The lowest BCUT2D eigenvalue weighted by molar-refractivity contribution is 0.0988. The lowest BCUT2D eigenvalue weighted by Crippen LogP contribution is -2.26. The molecule has 0 saturated carbocycles. The van der Waals surface area contributed by atoms with Crippen LogP contribution in [0.1, 0.15) is 27.0 Å². The van der Waals surface area contributed by atoms with E-state index in [1.54, 1.807) is 0 Å². The lowest BCUT2D eigenvalue weighted by Gasteiger charge is -2.15. The van der Waals surface area contributed by atoms with Crippen molar-refractivity contribution in [1.29, 1.82) is 5.26 Å². The van der Waals surface area contributed by atoms with Gasteiger partial charge in [0.15, 0.2) is 5.78 Å². The minimum Gasteiger partial charge on any atom is -0.494 e. The maximum atomic E-state index is 13.0. The predicted octanol–water partition coefficient (Wildman–Crippen LogP) is 3.50. The van der Waals surface area contributed by atoms with Crippen molar-refractivity contribution in [2.75, 3.05) is 0 Å². The van der Waals surface area contributed by atoms with Gasteiger partial charge < -0.3 is 5.11 Å². The number of pyridine rings is 1. The summed E-state index contributed by atoms with van der Waals surface area (Å²) in [6.07, 6.45) is 1.48.